The van der Waals surface area contributed by atoms with Crippen molar-refractivity contribution in [1.82, 2.24) is 0 Å². The lowest BCUT2D eigenvalue weighted by Crippen LogP contribution is -2.06. The molecule has 2 N–H and O–H groups in total. The molecule has 0 saturated heterocycles. The van der Waals surface area contributed by atoms with Crippen LogP contribution in [-0.2, 0) is 4.74 Å². The topological polar surface area (TPSA) is 65.5 Å². The molecular weight excluding hydrogens is 182 g/mol. The van der Waals surface area contributed by atoms with Gasteiger partial charge in [-0.05, 0) is 12.8 Å². The molecule has 0 amide bonds. The van der Waals surface area contributed by atoms with Gasteiger partial charge in [0.05, 0.1) is 18.6 Å². The van der Waals surface area contributed by atoms with Crippen LogP contribution in [0.25, 0.3) is 0 Å². The summed E-state index contributed by atoms with van der Waals surface area (Å²) in [6.45, 7) is 6.02. The van der Waals surface area contributed by atoms with Gasteiger partial charge in [0, 0.05) is 5.56 Å². The van der Waals surface area contributed by atoms with E-state index in [-0.39, 0.29) is 11.7 Å². The van der Waals surface area contributed by atoms with Crippen molar-refractivity contribution in [2.24, 2.45) is 0 Å². The van der Waals surface area contributed by atoms with Gasteiger partial charge in [-0.3, -0.25) is 0 Å². The number of esters is 1. The average Bonchev–Trinajstić information content (AvgIpc) is 2.47. The SMILES string of the molecule is CCOC(=O)c1occ(C(C)C)c1N. The molecule has 0 aromatic carbocycles. The Morgan fingerprint density at radius 2 is 2.29 bits per heavy atom. The zero-order valence-electron chi connectivity index (χ0n) is 8.66. The molecule has 0 aliphatic heterocycles. The minimum absolute atomic E-state index is 0.107. The molecule has 0 aliphatic rings. The van der Waals surface area contributed by atoms with E-state index < -0.39 is 5.97 Å². The number of furan rings is 1. The minimum Gasteiger partial charge on any atom is -0.460 e. The first-order valence-corrected chi connectivity index (χ1v) is 4.61. The molecule has 0 atom stereocenters. The Hall–Kier alpha value is -1.45. The van der Waals surface area contributed by atoms with Gasteiger partial charge < -0.3 is 14.9 Å². The summed E-state index contributed by atoms with van der Waals surface area (Å²) < 4.78 is 9.86. The molecule has 1 aromatic rings. The van der Waals surface area contributed by atoms with E-state index >= 15 is 0 Å². The van der Waals surface area contributed by atoms with Gasteiger partial charge in [0.15, 0.2) is 0 Å². The minimum atomic E-state index is -0.503. The number of carbonyl (C=O) groups excluding carboxylic acids is 1. The number of nitrogens with two attached hydrogens (primary N) is 1. The molecule has 4 heteroatoms. The first-order chi connectivity index (χ1) is 6.57. The second-order valence-corrected chi connectivity index (χ2v) is 3.31. The Balaban J connectivity index is 2.95. The van der Waals surface area contributed by atoms with Gasteiger partial charge >= 0.3 is 5.97 Å². The van der Waals surface area contributed by atoms with Crippen LogP contribution in [0, 0.1) is 0 Å². The molecule has 78 valence electrons. The van der Waals surface area contributed by atoms with Crippen LogP contribution in [0.2, 0.25) is 0 Å². The smallest absolute Gasteiger partial charge is 0.376 e. The molecule has 1 heterocycles. The first kappa shape index (κ1) is 10.6. The second kappa shape index (κ2) is 4.17. The van der Waals surface area contributed by atoms with Crippen molar-refractivity contribution in [3.8, 4) is 0 Å². The van der Waals surface area contributed by atoms with E-state index in [1.165, 1.54) is 6.26 Å². The van der Waals surface area contributed by atoms with Gasteiger partial charge in [-0.25, -0.2) is 4.79 Å². The number of hydrogen-bond donors (Lipinski definition) is 1. The van der Waals surface area contributed by atoms with Crippen molar-refractivity contribution in [2.45, 2.75) is 26.7 Å². The average molecular weight is 197 g/mol. The number of rotatable bonds is 3. The number of anilines is 1. The highest BCUT2D eigenvalue weighted by Gasteiger charge is 2.20. The van der Waals surface area contributed by atoms with Crippen molar-refractivity contribution in [3.05, 3.63) is 17.6 Å². The lowest BCUT2D eigenvalue weighted by atomic mass is 10.1. The molecule has 0 aliphatic carbocycles. The second-order valence-electron chi connectivity index (χ2n) is 3.31. The van der Waals surface area contributed by atoms with Crippen LogP contribution in [0.15, 0.2) is 10.7 Å². The van der Waals surface area contributed by atoms with Crippen molar-refractivity contribution in [2.75, 3.05) is 12.3 Å². The monoisotopic (exact) mass is 197 g/mol. The number of nitrogen functional groups attached to an aromatic ring is 1. The molecule has 0 bridgehead atoms. The fourth-order valence-electron chi connectivity index (χ4n) is 1.18. The summed E-state index contributed by atoms with van der Waals surface area (Å²) in [6.07, 6.45) is 1.51. The molecule has 0 radical (unpaired) electrons. The van der Waals surface area contributed by atoms with E-state index in [4.69, 9.17) is 14.9 Å². The Morgan fingerprint density at radius 1 is 1.64 bits per heavy atom. The van der Waals surface area contributed by atoms with Gasteiger partial charge in [0.1, 0.15) is 0 Å². The quantitative estimate of drug-likeness (QED) is 0.754. The van der Waals surface area contributed by atoms with E-state index in [0.717, 1.165) is 5.56 Å². The van der Waals surface area contributed by atoms with Gasteiger partial charge in [0.25, 0.3) is 0 Å². The predicted molar refractivity (Wildman–Crippen MR) is 53.2 cm³/mol. The van der Waals surface area contributed by atoms with E-state index in [1.807, 2.05) is 13.8 Å². The summed E-state index contributed by atoms with van der Waals surface area (Å²) in [6, 6.07) is 0. The normalized spacial score (nSPS) is 10.6. The Bertz CT molecular complexity index is 328. The van der Waals surface area contributed by atoms with E-state index in [0.29, 0.717) is 12.3 Å². The van der Waals surface area contributed by atoms with E-state index in [1.54, 1.807) is 6.92 Å². The molecule has 1 aromatic heterocycles. The third-order valence-electron chi connectivity index (χ3n) is 1.94. The van der Waals surface area contributed by atoms with Crippen molar-refractivity contribution in [1.29, 1.82) is 0 Å². The van der Waals surface area contributed by atoms with Crippen molar-refractivity contribution >= 4 is 11.7 Å². The summed E-state index contributed by atoms with van der Waals surface area (Å²) in [7, 11) is 0. The largest absolute Gasteiger partial charge is 0.460 e. The van der Waals surface area contributed by atoms with Crippen LogP contribution in [0.4, 0.5) is 5.69 Å². The van der Waals surface area contributed by atoms with Crippen LogP contribution in [0.1, 0.15) is 42.8 Å². The summed E-state index contributed by atoms with van der Waals surface area (Å²) in [5.74, 6) is -0.158. The molecule has 1 rings (SSSR count). The number of ether oxygens (including phenoxy) is 1. The fourth-order valence-corrected chi connectivity index (χ4v) is 1.18. The predicted octanol–water partition coefficient (Wildman–Crippen LogP) is 2.16. The van der Waals surface area contributed by atoms with Gasteiger partial charge in [0.2, 0.25) is 5.76 Å². The summed E-state index contributed by atoms with van der Waals surface area (Å²) in [4.78, 5) is 11.3. The van der Waals surface area contributed by atoms with E-state index in [9.17, 15) is 4.79 Å². The highest BCUT2D eigenvalue weighted by Crippen LogP contribution is 2.27. The van der Waals surface area contributed by atoms with Gasteiger partial charge in [-0.15, -0.1) is 0 Å². The molecule has 0 unspecified atom stereocenters. The molecule has 0 fully saturated rings. The first-order valence-electron chi connectivity index (χ1n) is 4.61. The molecule has 14 heavy (non-hydrogen) atoms. The standard InChI is InChI=1S/C10H15NO3/c1-4-13-10(12)9-8(11)7(5-14-9)6(2)3/h5-6H,4,11H2,1-3H3. The number of carbonyl (C=O) groups is 1. The zero-order valence-corrected chi connectivity index (χ0v) is 8.66. The Morgan fingerprint density at radius 3 is 2.71 bits per heavy atom. The van der Waals surface area contributed by atoms with Gasteiger partial charge in [-0.2, -0.15) is 0 Å². The van der Waals surface area contributed by atoms with Crippen molar-refractivity contribution < 1.29 is 13.9 Å². The Kier molecular flexibility index (Phi) is 3.17. The van der Waals surface area contributed by atoms with Crippen molar-refractivity contribution in [3.63, 3.8) is 0 Å². The third-order valence-corrected chi connectivity index (χ3v) is 1.94. The molecule has 0 saturated carbocycles. The van der Waals surface area contributed by atoms with Crippen LogP contribution in [0.3, 0.4) is 0 Å². The van der Waals surface area contributed by atoms with Crippen LogP contribution in [-0.4, -0.2) is 12.6 Å². The molecule has 4 nitrogen and oxygen atoms in total. The fraction of sp³-hybridized carbons (Fsp3) is 0.500. The van der Waals surface area contributed by atoms with Crippen LogP contribution in [0.5, 0.6) is 0 Å². The Labute approximate surface area is 83.0 Å². The molecule has 0 spiro atoms. The molecular formula is C10H15NO3. The lowest BCUT2D eigenvalue weighted by molar-refractivity contribution is 0.0492. The van der Waals surface area contributed by atoms with E-state index in [2.05, 4.69) is 0 Å². The van der Waals surface area contributed by atoms with Crippen LogP contribution >= 0.6 is 0 Å². The number of hydrogen-bond acceptors (Lipinski definition) is 4. The maximum atomic E-state index is 11.3. The lowest BCUT2D eigenvalue weighted by Gasteiger charge is -2.02. The maximum Gasteiger partial charge on any atom is 0.376 e. The third kappa shape index (κ3) is 1.89. The highest BCUT2D eigenvalue weighted by atomic mass is 16.5. The van der Waals surface area contributed by atoms with Crippen LogP contribution < -0.4 is 5.73 Å². The van der Waals surface area contributed by atoms with Gasteiger partial charge in [-0.1, -0.05) is 13.8 Å². The summed E-state index contributed by atoms with van der Waals surface area (Å²) >= 11 is 0. The summed E-state index contributed by atoms with van der Waals surface area (Å²) in [5.41, 5.74) is 6.97. The zero-order chi connectivity index (χ0) is 10.7. The highest BCUT2D eigenvalue weighted by molar-refractivity contribution is 5.92. The maximum absolute atomic E-state index is 11.3. The summed E-state index contributed by atoms with van der Waals surface area (Å²) in [5, 5.41) is 0.